The SMILES string of the molecule is Cc1ccc(S(=O)(=O)N=c2scc(-c3ccc(OC(=O)c4ccccc4)cc3)n2-c2ccccc2)cc1. The number of nitrogens with zero attached hydrogens (tertiary/aromatic N) is 2. The number of aromatic nitrogens is 1. The Hall–Kier alpha value is -4.27. The first kappa shape index (κ1) is 24.4. The third kappa shape index (κ3) is 5.45. The zero-order valence-corrected chi connectivity index (χ0v) is 21.4. The molecule has 0 atom stereocenters. The minimum atomic E-state index is -3.92. The number of thiazole rings is 1. The molecule has 0 unspecified atom stereocenters. The normalized spacial score (nSPS) is 11.9. The highest BCUT2D eigenvalue weighted by molar-refractivity contribution is 7.90. The average molecular weight is 527 g/mol. The van der Waals surface area contributed by atoms with Crippen molar-refractivity contribution in [3.63, 3.8) is 0 Å². The summed E-state index contributed by atoms with van der Waals surface area (Å²) < 4.78 is 37.7. The van der Waals surface area contributed by atoms with Gasteiger partial charge < -0.3 is 4.74 Å². The molecule has 1 heterocycles. The number of rotatable bonds is 6. The van der Waals surface area contributed by atoms with Crippen LogP contribution in [0.1, 0.15) is 15.9 Å². The van der Waals surface area contributed by atoms with E-state index in [4.69, 9.17) is 4.74 Å². The van der Waals surface area contributed by atoms with Crippen molar-refractivity contribution in [3.8, 4) is 22.7 Å². The number of ether oxygens (including phenoxy) is 1. The average Bonchev–Trinajstić information content (AvgIpc) is 3.33. The lowest BCUT2D eigenvalue weighted by molar-refractivity contribution is 0.0734. The van der Waals surface area contributed by atoms with E-state index in [1.165, 1.54) is 11.3 Å². The molecule has 4 aromatic carbocycles. The predicted octanol–water partition coefficient (Wildman–Crippen LogP) is 6.02. The van der Waals surface area contributed by atoms with E-state index in [0.29, 0.717) is 16.1 Å². The van der Waals surface area contributed by atoms with Gasteiger partial charge >= 0.3 is 5.97 Å². The van der Waals surface area contributed by atoms with E-state index in [2.05, 4.69) is 4.40 Å². The quantitative estimate of drug-likeness (QED) is 0.200. The smallest absolute Gasteiger partial charge is 0.343 e. The lowest BCUT2D eigenvalue weighted by Crippen LogP contribution is -2.16. The van der Waals surface area contributed by atoms with Gasteiger partial charge in [-0.15, -0.1) is 15.7 Å². The van der Waals surface area contributed by atoms with E-state index in [1.54, 1.807) is 65.2 Å². The summed E-state index contributed by atoms with van der Waals surface area (Å²) in [7, 11) is -3.92. The van der Waals surface area contributed by atoms with Gasteiger partial charge in [-0.25, -0.2) is 4.79 Å². The molecule has 0 amide bonds. The summed E-state index contributed by atoms with van der Waals surface area (Å²) in [5.74, 6) is -0.0309. The molecule has 0 aliphatic carbocycles. The fourth-order valence-electron chi connectivity index (χ4n) is 3.70. The van der Waals surface area contributed by atoms with Crippen LogP contribution in [0.15, 0.2) is 124 Å². The number of esters is 1. The zero-order chi connectivity index (χ0) is 25.8. The number of hydrogen-bond acceptors (Lipinski definition) is 5. The van der Waals surface area contributed by atoms with E-state index in [0.717, 1.165) is 22.5 Å². The van der Waals surface area contributed by atoms with Crippen molar-refractivity contribution in [2.75, 3.05) is 0 Å². The molecule has 8 heteroatoms. The second kappa shape index (κ2) is 10.4. The van der Waals surface area contributed by atoms with Gasteiger partial charge in [0.2, 0.25) is 4.80 Å². The minimum Gasteiger partial charge on any atom is -0.423 e. The second-order valence-corrected chi connectivity index (χ2v) is 10.7. The van der Waals surface area contributed by atoms with E-state index in [9.17, 15) is 13.2 Å². The molecule has 0 saturated carbocycles. The second-order valence-electron chi connectivity index (χ2n) is 8.23. The van der Waals surface area contributed by atoms with Gasteiger partial charge in [0, 0.05) is 11.1 Å². The van der Waals surface area contributed by atoms with Crippen LogP contribution in [0.25, 0.3) is 16.9 Å². The lowest BCUT2D eigenvalue weighted by atomic mass is 10.1. The fraction of sp³-hybridized carbons (Fsp3) is 0.0345. The number of aryl methyl sites for hydroxylation is 1. The molecule has 0 bridgehead atoms. The molecule has 5 aromatic rings. The summed E-state index contributed by atoms with van der Waals surface area (Å²) in [6.45, 7) is 1.90. The highest BCUT2D eigenvalue weighted by Gasteiger charge is 2.16. The summed E-state index contributed by atoms with van der Waals surface area (Å²) in [5.41, 5.74) is 3.78. The van der Waals surface area contributed by atoms with E-state index >= 15 is 0 Å². The van der Waals surface area contributed by atoms with Crippen LogP contribution in [-0.4, -0.2) is 19.0 Å². The Labute approximate surface area is 218 Å². The van der Waals surface area contributed by atoms with Gasteiger partial charge in [-0.2, -0.15) is 8.42 Å². The van der Waals surface area contributed by atoms with E-state index in [1.807, 2.05) is 60.8 Å². The van der Waals surface area contributed by atoms with Crippen LogP contribution in [0.3, 0.4) is 0 Å². The maximum atomic E-state index is 13.1. The number of para-hydroxylation sites is 1. The van der Waals surface area contributed by atoms with Crippen LogP contribution >= 0.6 is 11.3 Å². The number of hydrogen-bond donors (Lipinski definition) is 0. The summed E-state index contributed by atoms with van der Waals surface area (Å²) in [4.78, 5) is 12.8. The van der Waals surface area contributed by atoms with Crippen LogP contribution in [-0.2, 0) is 10.0 Å². The molecule has 6 nitrogen and oxygen atoms in total. The molecule has 0 spiro atoms. The summed E-state index contributed by atoms with van der Waals surface area (Å²) >= 11 is 1.23. The molecule has 37 heavy (non-hydrogen) atoms. The van der Waals surface area contributed by atoms with Crippen molar-refractivity contribution in [2.24, 2.45) is 4.40 Å². The Morgan fingerprint density at radius 2 is 1.43 bits per heavy atom. The molecule has 0 saturated heterocycles. The van der Waals surface area contributed by atoms with Crippen molar-refractivity contribution >= 4 is 27.3 Å². The maximum Gasteiger partial charge on any atom is 0.343 e. The topological polar surface area (TPSA) is 77.7 Å². The van der Waals surface area contributed by atoms with Gasteiger partial charge in [0.05, 0.1) is 16.2 Å². The molecule has 0 radical (unpaired) electrons. The Balaban J connectivity index is 1.53. The van der Waals surface area contributed by atoms with E-state index < -0.39 is 16.0 Å². The molecule has 0 fully saturated rings. The first-order valence-electron chi connectivity index (χ1n) is 11.4. The predicted molar refractivity (Wildman–Crippen MR) is 144 cm³/mol. The van der Waals surface area contributed by atoms with Crippen molar-refractivity contribution in [1.29, 1.82) is 0 Å². The molecular formula is C29H22N2O4S2. The van der Waals surface area contributed by atoms with Crippen molar-refractivity contribution in [1.82, 2.24) is 4.57 Å². The molecule has 5 rings (SSSR count). The fourth-order valence-corrected chi connectivity index (χ4v) is 5.81. The van der Waals surface area contributed by atoms with Crippen molar-refractivity contribution < 1.29 is 17.9 Å². The highest BCUT2D eigenvalue weighted by Crippen LogP contribution is 2.26. The number of carbonyl (C=O) groups is 1. The first-order chi connectivity index (χ1) is 17.9. The van der Waals surface area contributed by atoms with Crippen molar-refractivity contribution in [3.05, 3.63) is 131 Å². The van der Waals surface area contributed by atoms with Crippen LogP contribution in [0, 0.1) is 6.92 Å². The minimum absolute atomic E-state index is 0.136. The highest BCUT2D eigenvalue weighted by atomic mass is 32.2. The molecule has 0 aliphatic rings. The van der Waals surface area contributed by atoms with Gasteiger partial charge in [0.1, 0.15) is 5.75 Å². The summed E-state index contributed by atoms with van der Waals surface area (Å²) in [6.07, 6.45) is 0. The lowest BCUT2D eigenvalue weighted by Gasteiger charge is -2.10. The molecule has 0 aliphatic heterocycles. The van der Waals surface area contributed by atoms with E-state index in [-0.39, 0.29) is 4.90 Å². The summed E-state index contributed by atoms with van der Waals surface area (Å²) in [6, 6.07) is 31.9. The third-order valence-electron chi connectivity index (χ3n) is 5.61. The number of benzene rings is 4. The Kier molecular flexibility index (Phi) is 6.85. The Morgan fingerprint density at radius 1 is 0.811 bits per heavy atom. The molecule has 1 aromatic heterocycles. The maximum absolute atomic E-state index is 13.1. The van der Waals surface area contributed by atoms with Crippen LogP contribution in [0.2, 0.25) is 0 Å². The van der Waals surface area contributed by atoms with Crippen LogP contribution in [0.4, 0.5) is 0 Å². The summed E-state index contributed by atoms with van der Waals surface area (Å²) in [5, 5.41) is 1.86. The monoisotopic (exact) mass is 526 g/mol. The third-order valence-corrected chi connectivity index (χ3v) is 7.83. The van der Waals surface area contributed by atoms with Gasteiger partial charge in [-0.3, -0.25) is 4.57 Å². The first-order valence-corrected chi connectivity index (χ1v) is 13.7. The van der Waals surface area contributed by atoms with Gasteiger partial charge in [-0.1, -0.05) is 54.1 Å². The number of sulfonamides is 1. The van der Waals surface area contributed by atoms with Gasteiger partial charge in [0.25, 0.3) is 10.0 Å². The molecule has 184 valence electrons. The van der Waals surface area contributed by atoms with Crippen molar-refractivity contribution in [2.45, 2.75) is 11.8 Å². The Bertz CT molecular complexity index is 1710. The molecular weight excluding hydrogens is 504 g/mol. The number of carbonyl (C=O) groups excluding carboxylic acids is 1. The molecule has 0 N–H and O–H groups in total. The standard InChI is InChI=1S/C29H22N2O4S2/c1-21-12-18-26(19-13-21)37(33,34)30-29-31(24-10-6-3-7-11-24)27(20-36-29)22-14-16-25(17-15-22)35-28(32)23-8-4-2-5-9-23/h2-20H,1H3. The van der Waals surface area contributed by atoms with Crippen LogP contribution < -0.4 is 9.54 Å². The Morgan fingerprint density at radius 3 is 2.08 bits per heavy atom. The van der Waals surface area contributed by atoms with Crippen LogP contribution in [0.5, 0.6) is 5.75 Å². The van der Waals surface area contributed by atoms with Gasteiger partial charge in [0.15, 0.2) is 0 Å². The zero-order valence-electron chi connectivity index (χ0n) is 19.8. The van der Waals surface area contributed by atoms with Gasteiger partial charge in [-0.05, 0) is 73.2 Å². The largest absolute Gasteiger partial charge is 0.423 e.